The number of hydrogen-bond donors (Lipinski definition) is 1. The number of nitrogens with zero attached hydrogens (tertiary/aromatic N) is 1. The highest BCUT2D eigenvalue weighted by atomic mass is 16.5. The third-order valence-corrected chi connectivity index (χ3v) is 3.71. The smallest absolute Gasteiger partial charge is 0.241 e. The molecule has 1 aromatic rings. The Labute approximate surface area is 145 Å². The Balaban J connectivity index is 2.69. The van der Waals surface area contributed by atoms with Crippen molar-refractivity contribution in [2.24, 2.45) is 0 Å². The standard InChI is InChI=1S/C18H30N2O4/c1-6-23-16-10-9-15(13-17(16)24-7-2)19-18(21)14(3)20(4)11-8-12-22-5/h9-10,13-14H,6-8,11-12H2,1-5H3,(H,19,21). The van der Waals surface area contributed by atoms with Gasteiger partial charge in [0.25, 0.3) is 0 Å². The van der Waals surface area contributed by atoms with Crippen molar-refractivity contribution in [1.29, 1.82) is 0 Å². The third kappa shape index (κ3) is 6.37. The van der Waals surface area contributed by atoms with Gasteiger partial charge in [0, 0.05) is 32.0 Å². The van der Waals surface area contributed by atoms with Crippen molar-refractivity contribution in [2.75, 3.05) is 45.8 Å². The minimum Gasteiger partial charge on any atom is -0.490 e. The van der Waals surface area contributed by atoms with Crippen molar-refractivity contribution in [1.82, 2.24) is 4.90 Å². The molecule has 1 aromatic carbocycles. The van der Waals surface area contributed by atoms with E-state index in [1.807, 2.05) is 44.9 Å². The molecule has 0 aromatic heterocycles. The normalized spacial score (nSPS) is 12.1. The van der Waals surface area contributed by atoms with Crippen molar-refractivity contribution in [3.8, 4) is 11.5 Å². The van der Waals surface area contributed by atoms with Crippen LogP contribution in [0.1, 0.15) is 27.2 Å². The number of carbonyl (C=O) groups is 1. The number of amides is 1. The molecule has 6 heteroatoms. The molecule has 1 rings (SSSR count). The quantitative estimate of drug-likeness (QED) is 0.629. The first-order valence-electron chi connectivity index (χ1n) is 8.43. The minimum absolute atomic E-state index is 0.0541. The van der Waals surface area contributed by atoms with E-state index in [-0.39, 0.29) is 11.9 Å². The van der Waals surface area contributed by atoms with E-state index in [9.17, 15) is 4.79 Å². The molecule has 136 valence electrons. The molecule has 24 heavy (non-hydrogen) atoms. The lowest BCUT2D eigenvalue weighted by molar-refractivity contribution is -0.120. The van der Waals surface area contributed by atoms with Crippen LogP contribution in [0.15, 0.2) is 18.2 Å². The second-order valence-corrected chi connectivity index (χ2v) is 5.52. The van der Waals surface area contributed by atoms with Crippen LogP contribution in [0.25, 0.3) is 0 Å². The molecule has 0 heterocycles. The number of hydrogen-bond acceptors (Lipinski definition) is 5. The molecule has 0 spiro atoms. The van der Waals surface area contributed by atoms with Gasteiger partial charge < -0.3 is 19.5 Å². The summed E-state index contributed by atoms with van der Waals surface area (Å²) in [5, 5.41) is 2.93. The van der Waals surface area contributed by atoms with E-state index < -0.39 is 0 Å². The van der Waals surface area contributed by atoms with Gasteiger partial charge in [0.15, 0.2) is 11.5 Å². The lowest BCUT2D eigenvalue weighted by atomic mass is 10.2. The predicted octanol–water partition coefficient (Wildman–Crippen LogP) is 2.78. The monoisotopic (exact) mass is 338 g/mol. The van der Waals surface area contributed by atoms with Gasteiger partial charge in [0.1, 0.15) is 0 Å². The van der Waals surface area contributed by atoms with Crippen molar-refractivity contribution in [3.05, 3.63) is 18.2 Å². The van der Waals surface area contributed by atoms with E-state index in [0.717, 1.165) is 13.0 Å². The van der Waals surface area contributed by atoms with Crippen molar-refractivity contribution in [2.45, 2.75) is 33.2 Å². The van der Waals surface area contributed by atoms with E-state index in [2.05, 4.69) is 5.32 Å². The Kier molecular flexibility index (Phi) is 9.19. The number of carbonyl (C=O) groups excluding carboxylic acids is 1. The summed E-state index contributed by atoms with van der Waals surface area (Å²) in [5.74, 6) is 1.27. The number of likely N-dealkylation sites (N-methyl/N-ethyl adjacent to an activating group) is 1. The molecule has 6 nitrogen and oxygen atoms in total. The van der Waals surface area contributed by atoms with Crippen LogP contribution in [0.5, 0.6) is 11.5 Å². The second-order valence-electron chi connectivity index (χ2n) is 5.52. The maximum Gasteiger partial charge on any atom is 0.241 e. The van der Waals surface area contributed by atoms with E-state index >= 15 is 0 Å². The molecule has 0 saturated carbocycles. The van der Waals surface area contributed by atoms with Crippen LogP contribution in [-0.4, -0.2) is 57.4 Å². The summed E-state index contributed by atoms with van der Waals surface area (Å²) in [5.41, 5.74) is 0.698. The number of benzene rings is 1. The molecule has 0 aliphatic carbocycles. The van der Waals surface area contributed by atoms with Gasteiger partial charge in [0.05, 0.1) is 19.3 Å². The highest BCUT2D eigenvalue weighted by Gasteiger charge is 2.18. The van der Waals surface area contributed by atoms with Gasteiger partial charge in [-0.05, 0) is 46.4 Å². The predicted molar refractivity (Wildman–Crippen MR) is 96.0 cm³/mol. The van der Waals surface area contributed by atoms with E-state index in [4.69, 9.17) is 14.2 Å². The largest absolute Gasteiger partial charge is 0.490 e. The van der Waals surface area contributed by atoms with Crippen molar-refractivity contribution >= 4 is 11.6 Å². The summed E-state index contributed by atoms with van der Waals surface area (Å²) < 4.78 is 16.2. The molecule has 0 aliphatic heterocycles. The zero-order valence-electron chi connectivity index (χ0n) is 15.4. The number of anilines is 1. The number of rotatable bonds is 11. The number of nitrogens with one attached hydrogen (secondary N) is 1. The summed E-state index contributed by atoms with van der Waals surface area (Å²) in [7, 11) is 3.61. The van der Waals surface area contributed by atoms with Gasteiger partial charge in [-0.25, -0.2) is 0 Å². The van der Waals surface area contributed by atoms with Crippen LogP contribution in [0, 0.1) is 0 Å². The second kappa shape index (κ2) is 10.9. The Hall–Kier alpha value is -1.79. The van der Waals surface area contributed by atoms with E-state index in [0.29, 0.717) is 37.0 Å². The van der Waals surface area contributed by atoms with Crippen LogP contribution in [0.3, 0.4) is 0 Å². The zero-order valence-corrected chi connectivity index (χ0v) is 15.4. The van der Waals surface area contributed by atoms with Crippen LogP contribution >= 0.6 is 0 Å². The molecule has 0 fully saturated rings. The maximum atomic E-state index is 12.4. The van der Waals surface area contributed by atoms with Crippen LogP contribution in [0.2, 0.25) is 0 Å². The average Bonchev–Trinajstić information content (AvgIpc) is 2.57. The van der Waals surface area contributed by atoms with Crippen LogP contribution < -0.4 is 14.8 Å². The Morgan fingerprint density at radius 2 is 1.88 bits per heavy atom. The van der Waals surface area contributed by atoms with Gasteiger partial charge in [-0.2, -0.15) is 0 Å². The molecule has 1 amide bonds. The highest BCUT2D eigenvalue weighted by Crippen LogP contribution is 2.30. The molecular formula is C18H30N2O4. The fraction of sp³-hybridized carbons (Fsp3) is 0.611. The molecule has 1 atom stereocenters. The molecule has 0 radical (unpaired) electrons. The Morgan fingerprint density at radius 1 is 1.21 bits per heavy atom. The van der Waals surface area contributed by atoms with E-state index in [1.54, 1.807) is 13.2 Å². The average molecular weight is 338 g/mol. The first kappa shape index (κ1) is 20.3. The number of ether oxygens (including phenoxy) is 3. The fourth-order valence-corrected chi connectivity index (χ4v) is 2.23. The lowest BCUT2D eigenvalue weighted by Gasteiger charge is -2.24. The summed E-state index contributed by atoms with van der Waals surface area (Å²) in [4.78, 5) is 14.4. The summed E-state index contributed by atoms with van der Waals surface area (Å²) in [6.07, 6.45) is 0.891. The van der Waals surface area contributed by atoms with Crippen LogP contribution in [-0.2, 0) is 9.53 Å². The summed E-state index contributed by atoms with van der Waals surface area (Å²) in [6, 6.07) is 5.20. The SMILES string of the molecule is CCOc1ccc(NC(=O)C(C)N(C)CCCOC)cc1OCC. The Bertz CT molecular complexity index is 508. The number of methoxy groups -OCH3 is 1. The molecule has 0 bridgehead atoms. The molecular weight excluding hydrogens is 308 g/mol. The summed E-state index contributed by atoms with van der Waals surface area (Å²) >= 11 is 0. The summed E-state index contributed by atoms with van der Waals surface area (Å²) in [6.45, 7) is 8.32. The van der Waals surface area contributed by atoms with Gasteiger partial charge in [-0.15, -0.1) is 0 Å². The molecule has 1 N–H and O–H groups in total. The molecule has 0 aliphatic rings. The van der Waals surface area contributed by atoms with Crippen molar-refractivity contribution < 1.29 is 19.0 Å². The Morgan fingerprint density at radius 3 is 2.50 bits per heavy atom. The van der Waals surface area contributed by atoms with Crippen LogP contribution in [0.4, 0.5) is 5.69 Å². The van der Waals surface area contributed by atoms with Gasteiger partial charge >= 0.3 is 0 Å². The topological polar surface area (TPSA) is 60.0 Å². The highest BCUT2D eigenvalue weighted by molar-refractivity contribution is 5.94. The van der Waals surface area contributed by atoms with Crippen molar-refractivity contribution in [3.63, 3.8) is 0 Å². The van der Waals surface area contributed by atoms with Gasteiger partial charge in [0.2, 0.25) is 5.91 Å². The first-order chi connectivity index (χ1) is 11.5. The first-order valence-corrected chi connectivity index (χ1v) is 8.43. The fourth-order valence-electron chi connectivity index (χ4n) is 2.23. The van der Waals surface area contributed by atoms with Gasteiger partial charge in [-0.1, -0.05) is 0 Å². The van der Waals surface area contributed by atoms with E-state index in [1.165, 1.54) is 0 Å². The third-order valence-electron chi connectivity index (χ3n) is 3.71. The molecule has 0 saturated heterocycles. The zero-order chi connectivity index (χ0) is 17.9. The van der Waals surface area contributed by atoms with Gasteiger partial charge in [-0.3, -0.25) is 9.69 Å². The molecule has 1 unspecified atom stereocenters. The minimum atomic E-state index is -0.232. The maximum absolute atomic E-state index is 12.4. The lowest BCUT2D eigenvalue weighted by Crippen LogP contribution is -2.40.